The first-order chi connectivity index (χ1) is 16.7. The molecule has 0 aromatic rings. The number of hydrogen-bond acceptors (Lipinski definition) is 10. The van der Waals surface area contributed by atoms with Crippen molar-refractivity contribution in [1.29, 1.82) is 0 Å². The van der Waals surface area contributed by atoms with Crippen LogP contribution in [-0.4, -0.2) is 102 Å². The molecule has 0 rings (SSSR count). The smallest absolute Gasteiger partial charge is 0.330 e. The molecule has 5 atom stereocenters. The molecule has 0 amide bonds. The molecule has 0 N–H and O–H groups in total. The molecule has 0 aliphatic carbocycles. The summed E-state index contributed by atoms with van der Waals surface area (Å²) in [5, 5.41) is 0. The number of hydrogen-bond donors (Lipinski definition) is 0. The molecule has 0 saturated carbocycles. The van der Waals surface area contributed by atoms with Gasteiger partial charge in [-0.15, -0.1) is 0 Å². The zero-order valence-electron chi connectivity index (χ0n) is 21.9. The van der Waals surface area contributed by atoms with Gasteiger partial charge in [0.1, 0.15) is 13.2 Å². The van der Waals surface area contributed by atoms with Gasteiger partial charge in [-0.1, -0.05) is 13.2 Å². The average Bonchev–Trinajstić information content (AvgIpc) is 2.85. The van der Waals surface area contributed by atoms with E-state index in [1.54, 1.807) is 0 Å². The van der Waals surface area contributed by atoms with Crippen LogP contribution in [0.1, 0.15) is 34.6 Å². The van der Waals surface area contributed by atoms with Crippen molar-refractivity contribution in [2.75, 3.05) is 59.5 Å². The second-order valence-electron chi connectivity index (χ2n) is 8.08. The van der Waals surface area contributed by atoms with Gasteiger partial charge in [0.25, 0.3) is 0 Å². The molecule has 0 aliphatic rings. The second-order valence-corrected chi connectivity index (χ2v) is 8.08. The van der Waals surface area contributed by atoms with Crippen LogP contribution in [0.4, 0.5) is 0 Å². The Labute approximate surface area is 209 Å². The molecule has 0 spiro atoms. The fourth-order valence-corrected chi connectivity index (χ4v) is 2.40. The van der Waals surface area contributed by atoms with Crippen LogP contribution in [0.2, 0.25) is 0 Å². The Balaban J connectivity index is 3.75. The van der Waals surface area contributed by atoms with Crippen LogP contribution in [0.25, 0.3) is 0 Å². The van der Waals surface area contributed by atoms with E-state index in [1.165, 1.54) is 0 Å². The quantitative estimate of drug-likeness (QED) is 0.117. The molecule has 10 nitrogen and oxygen atoms in total. The minimum atomic E-state index is -0.468. The topological polar surface area (TPSA) is 108 Å². The maximum atomic E-state index is 11.0. The standard InChI is InChI=1S/C25H44O10/c1-8-24(26)30-11-10-28-14-19(3)32-16-21(5)34-18-23(7)35-17-22(6)33-15-20(4)29-12-13-31-25(27)9-2/h8-9,19-23H,1-2,10-18H2,3-7H3. The Kier molecular flexibility index (Phi) is 20.3. The number of rotatable bonds is 23. The van der Waals surface area contributed by atoms with Crippen molar-refractivity contribution in [3.63, 3.8) is 0 Å². The number of carbonyl (C=O) groups excluding carboxylic acids is 2. The lowest BCUT2D eigenvalue weighted by Crippen LogP contribution is -2.29. The zero-order chi connectivity index (χ0) is 26.5. The first-order valence-electron chi connectivity index (χ1n) is 11.9. The highest BCUT2D eigenvalue weighted by molar-refractivity contribution is 5.81. The Morgan fingerprint density at radius 1 is 0.543 bits per heavy atom. The van der Waals surface area contributed by atoms with Gasteiger partial charge in [0, 0.05) is 12.2 Å². The van der Waals surface area contributed by atoms with Crippen LogP contribution in [0.15, 0.2) is 25.3 Å². The summed E-state index contributed by atoms with van der Waals surface area (Å²) in [6, 6.07) is 0. The molecule has 0 aliphatic heterocycles. The fourth-order valence-electron chi connectivity index (χ4n) is 2.40. The molecule has 204 valence electrons. The zero-order valence-corrected chi connectivity index (χ0v) is 21.9. The summed E-state index contributed by atoms with van der Waals surface area (Å²) in [4.78, 5) is 21.9. The maximum Gasteiger partial charge on any atom is 0.330 e. The van der Waals surface area contributed by atoms with E-state index in [0.717, 1.165) is 12.2 Å². The van der Waals surface area contributed by atoms with Crippen molar-refractivity contribution in [3.05, 3.63) is 25.3 Å². The van der Waals surface area contributed by atoms with Gasteiger partial charge in [-0.3, -0.25) is 0 Å². The van der Waals surface area contributed by atoms with Crippen molar-refractivity contribution in [2.45, 2.75) is 65.1 Å². The minimum Gasteiger partial charge on any atom is -0.460 e. The van der Waals surface area contributed by atoms with Gasteiger partial charge in [0.15, 0.2) is 0 Å². The Morgan fingerprint density at radius 3 is 1.29 bits per heavy atom. The average molecular weight is 505 g/mol. The molecular weight excluding hydrogens is 460 g/mol. The molecule has 0 aromatic carbocycles. The summed E-state index contributed by atoms with van der Waals surface area (Å²) < 4.78 is 43.6. The molecule has 0 heterocycles. The first kappa shape index (κ1) is 33.2. The van der Waals surface area contributed by atoms with Gasteiger partial charge in [-0.05, 0) is 34.6 Å². The predicted octanol–water partition coefficient (Wildman–Crippen LogP) is 2.49. The molecule has 0 aromatic heterocycles. The number of esters is 2. The van der Waals surface area contributed by atoms with E-state index in [1.807, 2.05) is 34.6 Å². The molecule has 0 bridgehead atoms. The maximum absolute atomic E-state index is 11.0. The SMILES string of the molecule is C=CC(=O)OCCOCC(C)OCC(C)OCC(C)OCC(C)OCC(C)OCCOC(=O)C=C. The van der Waals surface area contributed by atoms with Crippen LogP contribution >= 0.6 is 0 Å². The first-order valence-corrected chi connectivity index (χ1v) is 11.9. The summed E-state index contributed by atoms with van der Waals surface area (Å²) >= 11 is 0. The fraction of sp³-hybridized carbons (Fsp3) is 0.760. The Hall–Kier alpha value is -1.82. The Morgan fingerprint density at radius 2 is 0.886 bits per heavy atom. The van der Waals surface area contributed by atoms with Gasteiger partial charge in [0.2, 0.25) is 0 Å². The largest absolute Gasteiger partial charge is 0.460 e. The van der Waals surface area contributed by atoms with Crippen LogP contribution < -0.4 is 0 Å². The third-order valence-electron chi connectivity index (χ3n) is 4.35. The molecule has 10 heteroatoms. The second kappa shape index (κ2) is 21.5. The molecule has 0 saturated heterocycles. The number of carbonyl (C=O) groups is 2. The van der Waals surface area contributed by atoms with E-state index >= 15 is 0 Å². The van der Waals surface area contributed by atoms with Crippen LogP contribution in [-0.2, 0) is 47.5 Å². The van der Waals surface area contributed by atoms with E-state index in [0.29, 0.717) is 46.2 Å². The lowest BCUT2D eigenvalue weighted by molar-refractivity contribution is -0.141. The highest BCUT2D eigenvalue weighted by Gasteiger charge is 2.13. The van der Waals surface area contributed by atoms with E-state index < -0.39 is 11.9 Å². The third-order valence-corrected chi connectivity index (χ3v) is 4.35. The van der Waals surface area contributed by atoms with E-state index in [2.05, 4.69) is 13.2 Å². The summed E-state index contributed by atoms with van der Waals surface area (Å²) in [6.07, 6.45) is 1.67. The molecule has 0 radical (unpaired) electrons. The van der Waals surface area contributed by atoms with E-state index in [-0.39, 0.29) is 43.7 Å². The van der Waals surface area contributed by atoms with Crippen LogP contribution in [0.5, 0.6) is 0 Å². The molecule has 5 unspecified atom stereocenters. The van der Waals surface area contributed by atoms with Crippen molar-refractivity contribution >= 4 is 11.9 Å². The van der Waals surface area contributed by atoms with Crippen LogP contribution in [0.3, 0.4) is 0 Å². The van der Waals surface area contributed by atoms with Gasteiger partial charge < -0.3 is 37.9 Å². The summed E-state index contributed by atoms with van der Waals surface area (Å²) in [7, 11) is 0. The lowest BCUT2D eigenvalue weighted by Gasteiger charge is -2.22. The third kappa shape index (κ3) is 21.2. The van der Waals surface area contributed by atoms with Gasteiger partial charge in [0.05, 0.1) is 76.8 Å². The normalized spacial score (nSPS) is 15.5. The summed E-state index contributed by atoms with van der Waals surface area (Å²) in [5.74, 6) is -0.935. The van der Waals surface area contributed by atoms with Gasteiger partial charge in [-0.25, -0.2) is 9.59 Å². The highest BCUT2D eigenvalue weighted by atomic mass is 16.6. The Bertz CT molecular complexity index is 583. The van der Waals surface area contributed by atoms with Gasteiger partial charge >= 0.3 is 11.9 Å². The van der Waals surface area contributed by atoms with Crippen molar-refractivity contribution in [3.8, 4) is 0 Å². The lowest BCUT2D eigenvalue weighted by atomic mass is 10.3. The van der Waals surface area contributed by atoms with E-state index in [4.69, 9.17) is 37.9 Å². The monoisotopic (exact) mass is 504 g/mol. The highest BCUT2D eigenvalue weighted by Crippen LogP contribution is 2.03. The van der Waals surface area contributed by atoms with E-state index in [9.17, 15) is 9.59 Å². The number of ether oxygens (including phenoxy) is 8. The van der Waals surface area contributed by atoms with Crippen LogP contribution in [0, 0.1) is 0 Å². The van der Waals surface area contributed by atoms with Crippen molar-refractivity contribution < 1.29 is 47.5 Å². The molecule has 0 fully saturated rings. The predicted molar refractivity (Wildman–Crippen MR) is 130 cm³/mol. The van der Waals surface area contributed by atoms with Crippen molar-refractivity contribution in [2.24, 2.45) is 0 Å². The van der Waals surface area contributed by atoms with Gasteiger partial charge in [-0.2, -0.15) is 0 Å². The summed E-state index contributed by atoms with van der Waals surface area (Å²) in [5.41, 5.74) is 0. The molecular formula is C25H44O10. The minimum absolute atomic E-state index is 0.101. The summed E-state index contributed by atoms with van der Waals surface area (Å²) in [6.45, 7) is 19.3. The molecule has 35 heavy (non-hydrogen) atoms. The van der Waals surface area contributed by atoms with Crippen molar-refractivity contribution in [1.82, 2.24) is 0 Å².